The van der Waals surface area contributed by atoms with E-state index in [1.54, 1.807) is 30.3 Å². The summed E-state index contributed by atoms with van der Waals surface area (Å²) in [4.78, 5) is 46.1. The Kier molecular flexibility index (Phi) is 5.46. The molecule has 0 aliphatic carbocycles. The third kappa shape index (κ3) is 3.35. The van der Waals surface area contributed by atoms with Gasteiger partial charge in [0.2, 0.25) is 12.7 Å². The predicted molar refractivity (Wildman–Crippen MR) is 161 cm³/mol. The van der Waals surface area contributed by atoms with Gasteiger partial charge in [0.1, 0.15) is 11.5 Å². The molecule has 4 aliphatic heterocycles. The standard InChI is InChI=1S/C34H23BrN2O5/c35-22-13-9-20(10-14-22)32(39)30-29(31(38)21-11-15-26-27(17-21)42-18-41-26)34(23-6-2-3-7-24(23)36-33(34)40)28-16-12-19-5-1-4-8-25(19)37(28)30/h1-17,28-30H,18H2,(H,36,40)/t28-,29+,30-,34-/m1/s1. The number of benzene rings is 4. The van der Waals surface area contributed by atoms with Crippen molar-refractivity contribution in [2.24, 2.45) is 5.92 Å². The number of nitrogens with one attached hydrogen (secondary N) is 1. The van der Waals surface area contributed by atoms with Crippen LogP contribution < -0.4 is 19.7 Å². The number of ketones is 2. The van der Waals surface area contributed by atoms with Gasteiger partial charge < -0.3 is 19.7 Å². The van der Waals surface area contributed by atoms with Gasteiger partial charge in [-0.25, -0.2) is 0 Å². The van der Waals surface area contributed by atoms with Gasteiger partial charge in [0.15, 0.2) is 23.1 Å². The summed E-state index contributed by atoms with van der Waals surface area (Å²) in [6.07, 6.45) is 3.96. The van der Waals surface area contributed by atoms with Gasteiger partial charge in [0.05, 0.1) is 12.0 Å². The molecule has 0 bridgehead atoms. The van der Waals surface area contributed by atoms with Gasteiger partial charge in [0.25, 0.3) is 0 Å². The van der Waals surface area contributed by atoms with Crippen LogP contribution in [0.2, 0.25) is 0 Å². The third-order valence-corrected chi connectivity index (χ3v) is 9.41. The monoisotopic (exact) mass is 618 g/mol. The molecule has 8 rings (SSSR count). The first-order chi connectivity index (χ1) is 20.5. The Labute approximate surface area is 249 Å². The van der Waals surface area contributed by atoms with E-state index in [9.17, 15) is 14.4 Å². The first kappa shape index (κ1) is 25.1. The van der Waals surface area contributed by atoms with Gasteiger partial charge >= 0.3 is 0 Å². The van der Waals surface area contributed by atoms with Crippen molar-refractivity contribution < 1.29 is 23.9 Å². The molecule has 0 aromatic heterocycles. The Balaban J connectivity index is 1.41. The van der Waals surface area contributed by atoms with Crippen molar-refractivity contribution >= 4 is 50.9 Å². The molecule has 1 N–H and O–H groups in total. The molecule has 206 valence electrons. The largest absolute Gasteiger partial charge is 0.454 e. The number of fused-ring (bicyclic) bond motifs is 7. The number of rotatable bonds is 4. The molecule has 1 amide bonds. The van der Waals surface area contributed by atoms with Gasteiger partial charge in [-0.15, -0.1) is 0 Å². The van der Waals surface area contributed by atoms with Crippen LogP contribution in [0.25, 0.3) is 6.08 Å². The van der Waals surface area contributed by atoms with Crippen molar-refractivity contribution in [1.82, 2.24) is 0 Å². The molecule has 1 saturated heterocycles. The van der Waals surface area contributed by atoms with E-state index in [0.29, 0.717) is 33.9 Å². The topological polar surface area (TPSA) is 84.9 Å². The van der Waals surface area contributed by atoms with E-state index in [4.69, 9.17) is 9.47 Å². The van der Waals surface area contributed by atoms with Gasteiger partial charge in [-0.3, -0.25) is 14.4 Å². The molecule has 4 heterocycles. The van der Waals surface area contributed by atoms with Gasteiger partial charge in [-0.2, -0.15) is 0 Å². The lowest BCUT2D eigenvalue weighted by atomic mass is 9.64. The maximum absolute atomic E-state index is 14.9. The molecule has 8 heteroatoms. The highest BCUT2D eigenvalue weighted by atomic mass is 79.9. The van der Waals surface area contributed by atoms with Crippen LogP contribution in [-0.4, -0.2) is 36.4 Å². The molecule has 4 aliphatic rings. The highest BCUT2D eigenvalue weighted by Crippen LogP contribution is 2.58. The minimum absolute atomic E-state index is 0.0677. The van der Waals surface area contributed by atoms with Gasteiger partial charge in [0, 0.05) is 27.0 Å². The van der Waals surface area contributed by atoms with E-state index < -0.39 is 23.4 Å². The zero-order valence-electron chi connectivity index (χ0n) is 22.1. The average molecular weight is 619 g/mol. The molecule has 42 heavy (non-hydrogen) atoms. The van der Waals surface area contributed by atoms with E-state index in [2.05, 4.69) is 21.2 Å². The van der Waals surface area contributed by atoms with Crippen LogP contribution in [0, 0.1) is 5.92 Å². The molecular weight excluding hydrogens is 596 g/mol. The number of ether oxygens (including phenoxy) is 2. The summed E-state index contributed by atoms with van der Waals surface area (Å²) in [7, 11) is 0. The number of Topliss-reactive ketones (excluding diaryl/α,β-unsaturated/α-hetero) is 2. The van der Waals surface area contributed by atoms with Crippen molar-refractivity contribution in [3.05, 3.63) is 124 Å². The number of carbonyl (C=O) groups excluding carboxylic acids is 3. The zero-order valence-corrected chi connectivity index (χ0v) is 23.7. The Morgan fingerprint density at radius 2 is 1.60 bits per heavy atom. The van der Waals surface area contributed by atoms with Crippen molar-refractivity contribution in [1.29, 1.82) is 0 Å². The summed E-state index contributed by atoms with van der Waals surface area (Å²) in [6, 6.07) is 25.9. The van der Waals surface area contributed by atoms with Gasteiger partial charge in [-0.1, -0.05) is 76.6 Å². The second kappa shape index (κ2) is 9.16. The Bertz CT molecular complexity index is 1850. The fraction of sp³-hybridized carbons (Fsp3) is 0.147. The van der Waals surface area contributed by atoms with Crippen LogP contribution in [0.3, 0.4) is 0 Å². The minimum atomic E-state index is -1.37. The SMILES string of the molecule is O=C(c1ccc2c(c1)OCO2)[C@@H]1[C@H](C(=O)c2ccc(Br)cc2)N2c3ccccc3C=C[C@@H]2[C@@]12C(=O)Nc1ccccc12. The fourth-order valence-electron chi connectivity index (χ4n) is 7.13. The summed E-state index contributed by atoms with van der Waals surface area (Å²) >= 11 is 3.46. The highest BCUT2D eigenvalue weighted by molar-refractivity contribution is 9.10. The second-order valence-electron chi connectivity index (χ2n) is 10.9. The molecule has 1 fully saturated rings. The molecule has 0 radical (unpaired) electrons. The number of hydrogen-bond donors (Lipinski definition) is 1. The molecule has 4 aromatic rings. The second-order valence-corrected chi connectivity index (χ2v) is 11.8. The van der Waals surface area contributed by atoms with Crippen LogP contribution in [0.5, 0.6) is 11.5 Å². The summed E-state index contributed by atoms with van der Waals surface area (Å²) in [5.41, 5.74) is 2.52. The molecule has 0 unspecified atom stereocenters. The van der Waals surface area contributed by atoms with Crippen molar-refractivity contribution in [3.63, 3.8) is 0 Å². The number of anilines is 2. The lowest BCUT2D eigenvalue weighted by Crippen LogP contribution is -2.51. The molecular formula is C34H23BrN2O5. The smallest absolute Gasteiger partial charge is 0.238 e. The lowest BCUT2D eigenvalue weighted by molar-refractivity contribution is -0.121. The van der Waals surface area contributed by atoms with E-state index in [1.807, 2.05) is 77.7 Å². The van der Waals surface area contributed by atoms with E-state index in [0.717, 1.165) is 15.7 Å². The first-order valence-corrected chi connectivity index (χ1v) is 14.5. The first-order valence-electron chi connectivity index (χ1n) is 13.7. The normalized spacial score (nSPS) is 24.3. The Morgan fingerprint density at radius 3 is 2.45 bits per heavy atom. The van der Waals surface area contributed by atoms with Crippen LogP contribution in [-0.2, 0) is 10.2 Å². The highest BCUT2D eigenvalue weighted by Gasteiger charge is 2.70. The third-order valence-electron chi connectivity index (χ3n) is 8.88. The van der Waals surface area contributed by atoms with Crippen molar-refractivity contribution in [3.8, 4) is 11.5 Å². The van der Waals surface area contributed by atoms with Crippen molar-refractivity contribution in [2.75, 3.05) is 17.0 Å². The molecule has 1 spiro atoms. The summed E-state index contributed by atoms with van der Waals surface area (Å²) < 4.78 is 11.9. The van der Waals surface area contributed by atoms with E-state index >= 15 is 0 Å². The number of amides is 1. The van der Waals surface area contributed by atoms with Gasteiger partial charge in [-0.05, 0) is 53.6 Å². The Hall–Kier alpha value is -4.69. The summed E-state index contributed by atoms with van der Waals surface area (Å²) in [5.74, 6) is -0.885. The predicted octanol–water partition coefficient (Wildman–Crippen LogP) is 6.03. The summed E-state index contributed by atoms with van der Waals surface area (Å²) in [5, 5.41) is 3.06. The van der Waals surface area contributed by atoms with Crippen LogP contribution >= 0.6 is 15.9 Å². The van der Waals surface area contributed by atoms with Crippen LogP contribution in [0.15, 0.2) is 102 Å². The molecule has 7 nitrogen and oxygen atoms in total. The average Bonchev–Trinajstić information content (AvgIpc) is 3.70. The molecule has 4 atom stereocenters. The Morgan fingerprint density at radius 1 is 0.857 bits per heavy atom. The maximum Gasteiger partial charge on any atom is 0.238 e. The number of hydrogen-bond acceptors (Lipinski definition) is 6. The molecule has 0 saturated carbocycles. The minimum Gasteiger partial charge on any atom is -0.454 e. The zero-order chi connectivity index (χ0) is 28.6. The quantitative estimate of drug-likeness (QED) is 0.281. The fourth-order valence-corrected chi connectivity index (χ4v) is 7.40. The number of para-hydroxylation sites is 2. The van der Waals surface area contributed by atoms with E-state index in [1.165, 1.54) is 0 Å². The molecule has 4 aromatic carbocycles. The van der Waals surface area contributed by atoms with Crippen LogP contribution in [0.4, 0.5) is 11.4 Å². The maximum atomic E-state index is 14.9. The lowest BCUT2D eigenvalue weighted by Gasteiger charge is -2.37. The number of halogens is 1. The number of carbonyl (C=O) groups is 3. The summed E-state index contributed by atoms with van der Waals surface area (Å²) in [6.45, 7) is 0.0677. The van der Waals surface area contributed by atoms with Crippen molar-refractivity contribution in [2.45, 2.75) is 17.5 Å². The van der Waals surface area contributed by atoms with Crippen LogP contribution in [0.1, 0.15) is 31.8 Å². The van der Waals surface area contributed by atoms with E-state index in [-0.39, 0.29) is 24.3 Å². The number of nitrogens with zero attached hydrogens (tertiary/aromatic N) is 1.